The summed E-state index contributed by atoms with van der Waals surface area (Å²) in [5, 5.41) is 7.31. The van der Waals surface area contributed by atoms with E-state index in [1.807, 2.05) is 6.07 Å². The summed E-state index contributed by atoms with van der Waals surface area (Å²) in [5.74, 6) is 0.311. The highest BCUT2D eigenvalue weighted by atomic mass is 35.5. The molecule has 0 atom stereocenters. The first-order valence-corrected chi connectivity index (χ1v) is 5.97. The highest BCUT2D eigenvalue weighted by Gasteiger charge is 1.99. The van der Waals surface area contributed by atoms with E-state index >= 15 is 0 Å². The average Bonchev–Trinajstić information content (AvgIpc) is 2.90. The van der Waals surface area contributed by atoms with Crippen molar-refractivity contribution >= 4 is 29.4 Å². The lowest BCUT2D eigenvalue weighted by Gasteiger charge is -2.05. The van der Waals surface area contributed by atoms with Crippen molar-refractivity contribution in [2.75, 3.05) is 11.9 Å². The number of nitrogens with zero attached hydrogens (tertiary/aromatic N) is 1. The van der Waals surface area contributed by atoms with Crippen LogP contribution in [0.3, 0.4) is 0 Å². The summed E-state index contributed by atoms with van der Waals surface area (Å²) in [6.45, 7) is 0.107. The van der Waals surface area contributed by atoms with Gasteiger partial charge in [0.05, 0.1) is 19.0 Å². The van der Waals surface area contributed by atoms with Crippen molar-refractivity contribution in [3.63, 3.8) is 0 Å². The lowest BCUT2D eigenvalue weighted by atomic mass is 10.3. The molecule has 98 valence electrons. The highest BCUT2D eigenvalue weighted by molar-refractivity contribution is 6.30. The van der Waals surface area contributed by atoms with E-state index in [1.165, 1.54) is 12.5 Å². The lowest BCUT2D eigenvalue weighted by molar-refractivity contribution is -0.119. The van der Waals surface area contributed by atoms with Crippen molar-refractivity contribution in [3.8, 4) is 0 Å². The molecule has 2 N–H and O–H groups in total. The van der Waals surface area contributed by atoms with Gasteiger partial charge in [-0.1, -0.05) is 17.7 Å². The molecule has 0 aliphatic heterocycles. The van der Waals surface area contributed by atoms with Crippen LogP contribution in [0.4, 0.5) is 5.69 Å². The molecule has 1 amide bonds. The number of anilines is 1. The van der Waals surface area contributed by atoms with Crippen molar-refractivity contribution in [1.29, 1.82) is 0 Å². The smallest absolute Gasteiger partial charge is 0.259 e. The maximum Gasteiger partial charge on any atom is 0.259 e. The van der Waals surface area contributed by atoms with Gasteiger partial charge in [-0.3, -0.25) is 4.79 Å². The quantitative estimate of drug-likeness (QED) is 0.652. The van der Waals surface area contributed by atoms with Crippen LogP contribution in [0.1, 0.15) is 5.76 Å². The van der Waals surface area contributed by atoms with Gasteiger partial charge in [0.15, 0.2) is 0 Å². The summed E-state index contributed by atoms with van der Waals surface area (Å²) in [6, 6.07) is 10.6. The zero-order valence-electron chi connectivity index (χ0n) is 9.97. The number of halogens is 1. The Morgan fingerprint density at radius 1 is 1.37 bits per heavy atom. The molecule has 1 aromatic carbocycles. The number of benzene rings is 1. The zero-order chi connectivity index (χ0) is 13.5. The molecule has 5 nitrogen and oxygen atoms in total. The molecule has 0 aliphatic carbocycles. The largest absolute Gasteiger partial charge is 0.463 e. The number of amides is 1. The Kier molecular flexibility index (Phi) is 4.58. The maximum atomic E-state index is 11.5. The van der Waals surface area contributed by atoms with Gasteiger partial charge >= 0.3 is 0 Å². The number of furan rings is 1. The third kappa shape index (κ3) is 4.48. The van der Waals surface area contributed by atoms with Crippen LogP contribution in [0.15, 0.2) is 52.2 Å². The molecule has 0 fully saturated rings. The number of rotatable bonds is 5. The van der Waals surface area contributed by atoms with Crippen molar-refractivity contribution in [3.05, 3.63) is 53.4 Å². The Morgan fingerprint density at radius 3 is 3.00 bits per heavy atom. The normalized spacial score (nSPS) is 10.6. The van der Waals surface area contributed by atoms with Crippen LogP contribution in [-0.4, -0.2) is 18.7 Å². The third-order valence-corrected chi connectivity index (χ3v) is 2.44. The second kappa shape index (κ2) is 6.61. The molecule has 1 heterocycles. The molecule has 0 unspecified atom stereocenters. The van der Waals surface area contributed by atoms with Crippen molar-refractivity contribution in [2.45, 2.75) is 0 Å². The highest BCUT2D eigenvalue weighted by Crippen LogP contribution is 2.14. The first-order chi connectivity index (χ1) is 9.24. The molecule has 0 radical (unpaired) electrons. The van der Waals surface area contributed by atoms with Gasteiger partial charge in [-0.15, -0.1) is 0 Å². The van der Waals surface area contributed by atoms with Gasteiger partial charge in [0.2, 0.25) is 0 Å². The Hall–Kier alpha value is -2.27. The molecule has 2 aromatic rings. The second-order valence-corrected chi connectivity index (χ2v) is 4.11. The molecular weight excluding hydrogens is 266 g/mol. The summed E-state index contributed by atoms with van der Waals surface area (Å²) in [7, 11) is 0. The Bertz CT molecular complexity index is 567. The predicted molar refractivity (Wildman–Crippen MR) is 74.4 cm³/mol. The third-order valence-electron chi connectivity index (χ3n) is 2.20. The van der Waals surface area contributed by atoms with E-state index < -0.39 is 0 Å². The van der Waals surface area contributed by atoms with E-state index in [4.69, 9.17) is 16.0 Å². The van der Waals surface area contributed by atoms with Crippen LogP contribution in [0.25, 0.3) is 0 Å². The molecular formula is C13H12ClN3O2. The van der Waals surface area contributed by atoms with Gasteiger partial charge in [0.25, 0.3) is 5.91 Å². The number of carbonyl (C=O) groups excluding carboxylic acids is 1. The maximum absolute atomic E-state index is 11.5. The number of carbonyl (C=O) groups is 1. The fraction of sp³-hybridized carbons (Fsp3) is 0.0769. The van der Waals surface area contributed by atoms with Crippen LogP contribution in [0, 0.1) is 0 Å². The van der Waals surface area contributed by atoms with Gasteiger partial charge in [-0.25, -0.2) is 5.43 Å². The van der Waals surface area contributed by atoms with Crippen LogP contribution in [0.2, 0.25) is 5.02 Å². The Balaban J connectivity index is 1.76. The first-order valence-electron chi connectivity index (χ1n) is 5.59. The van der Waals surface area contributed by atoms with Crippen molar-refractivity contribution < 1.29 is 9.21 Å². The van der Waals surface area contributed by atoms with Gasteiger partial charge in [-0.05, 0) is 30.3 Å². The van der Waals surface area contributed by atoms with Gasteiger partial charge in [0.1, 0.15) is 5.76 Å². The number of hydrogen-bond acceptors (Lipinski definition) is 4. The molecule has 0 bridgehead atoms. The first kappa shape index (κ1) is 13.2. The van der Waals surface area contributed by atoms with E-state index in [9.17, 15) is 4.79 Å². The number of hydrazone groups is 1. The summed E-state index contributed by atoms with van der Waals surface area (Å²) < 4.78 is 5.03. The standard InChI is InChI=1S/C13H12ClN3O2/c14-10-3-1-4-11(7-10)15-9-13(18)17-16-8-12-5-2-6-19-12/h1-8,15H,9H2,(H,17,18)/b16-8-. The predicted octanol–water partition coefficient (Wildman–Crippen LogP) is 2.50. The zero-order valence-corrected chi connectivity index (χ0v) is 10.7. The minimum atomic E-state index is -0.261. The SMILES string of the molecule is O=C(CNc1cccc(Cl)c1)N/N=C\c1ccco1. The van der Waals surface area contributed by atoms with Gasteiger partial charge < -0.3 is 9.73 Å². The molecule has 6 heteroatoms. The minimum absolute atomic E-state index is 0.107. The molecule has 0 saturated heterocycles. The number of nitrogens with one attached hydrogen (secondary N) is 2. The van der Waals surface area contributed by atoms with E-state index in [0.717, 1.165) is 5.69 Å². The average molecular weight is 278 g/mol. The fourth-order valence-corrected chi connectivity index (χ4v) is 1.54. The van der Waals surface area contributed by atoms with Crippen molar-refractivity contribution in [1.82, 2.24) is 5.43 Å². The van der Waals surface area contributed by atoms with Gasteiger partial charge in [-0.2, -0.15) is 5.10 Å². The van der Waals surface area contributed by atoms with Crippen LogP contribution in [0.5, 0.6) is 0 Å². The van der Waals surface area contributed by atoms with E-state index in [1.54, 1.807) is 30.3 Å². The molecule has 0 aliphatic rings. The molecule has 0 spiro atoms. The monoisotopic (exact) mass is 277 g/mol. The van der Waals surface area contributed by atoms with Crippen LogP contribution >= 0.6 is 11.6 Å². The fourth-order valence-electron chi connectivity index (χ4n) is 1.35. The Morgan fingerprint density at radius 2 is 2.26 bits per heavy atom. The summed E-state index contributed by atoms with van der Waals surface area (Å²) in [6.07, 6.45) is 2.96. The minimum Gasteiger partial charge on any atom is -0.463 e. The van der Waals surface area contributed by atoms with Crippen LogP contribution in [-0.2, 0) is 4.79 Å². The van der Waals surface area contributed by atoms with E-state index in [-0.39, 0.29) is 12.5 Å². The van der Waals surface area contributed by atoms with Crippen LogP contribution < -0.4 is 10.7 Å². The Labute approximate surface area is 115 Å². The molecule has 1 aromatic heterocycles. The lowest BCUT2D eigenvalue weighted by Crippen LogP contribution is -2.25. The second-order valence-electron chi connectivity index (χ2n) is 3.67. The van der Waals surface area contributed by atoms with Crippen molar-refractivity contribution in [2.24, 2.45) is 5.10 Å². The number of hydrogen-bond donors (Lipinski definition) is 2. The summed E-state index contributed by atoms with van der Waals surface area (Å²) in [4.78, 5) is 11.5. The summed E-state index contributed by atoms with van der Waals surface area (Å²) in [5.41, 5.74) is 3.16. The van der Waals surface area contributed by atoms with E-state index in [2.05, 4.69) is 15.8 Å². The molecule has 0 saturated carbocycles. The summed E-state index contributed by atoms with van der Waals surface area (Å²) >= 11 is 5.83. The van der Waals surface area contributed by atoms with E-state index in [0.29, 0.717) is 10.8 Å². The topological polar surface area (TPSA) is 66.6 Å². The molecule has 19 heavy (non-hydrogen) atoms. The molecule has 2 rings (SSSR count). The van der Waals surface area contributed by atoms with Gasteiger partial charge in [0, 0.05) is 10.7 Å².